The van der Waals surface area contributed by atoms with Gasteiger partial charge < -0.3 is 19.1 Å². The number of carbonyl (C=O) groups excluding carboxylic acids is 2. The minimum atomic E-state index is -0.536. The van der Waals surface area contributed by atoms with Gasteiger partial charge in [-0.2, -0.15) is 0 Å². The van der Waals surface area contributed by atoms with Crippen LogP contribution in [0.2, 0.25) is 0 Å². The first-order chi connectivity index (χ1) is 11.5. The molecule has 0 N–H and O–H groups in total. The maximum absolute atomic E-state index is 12.1. The van der Waals surface area contributed by atoms with Gasteiger partial charge >= 0.3 is 11.9 Å². The molecule has 0 heterocycles. The molecule has 2 rings (SSSR count). The molecule has 0 bridgehead atoms. The van der Waals surface area contributed by atoms with Crippen molar-refractivity contribution in [2.24, 2.45) is 17.8 Å². The van der Waals surface area contributed by atoms with Crippen LogP contribution in [0.4, 0.5) is 0 Å². The fourth-order valence-electron chi connectivity index (χ4n) is 3.49. The molecule has 132 valence electrons. The fraction of sp³-hybridized carbons (Fsp3) is 0.556. The van der Waals surface area contributed by atoms with Crippen molar-refractivity contribution in [3.05, 3.63) is 35.9 Å². The van der Waals surface area contributed by atoms with Gasteiger partial charge in [0.05, 0.1) is 39.3 Å². The molecule has 24 heavy (non-hydrogen) atoms. The van der Waals surface area contributed by atoms with Crippen molar-refractivity contribution >= 4 is 11.9 Å². The summed E-state index contributed by atoms with van der Waals surface area (Å²) in [6.07, 6.45) is 0. The number of hydrogen-bond donors (Lipinski definition) is 0. The Morgan fingerprint density at radius 2 is 1.58 bits per heavy atom. The van der Waals surface area contributed by atoms with E-state index in [2.05, 4.69) is 0 Å². The number of nitrogens with zero attached hydrogens (tertiary/aromatic N) is 1. The number of rotatable bonds is 7. The van der Waals surface area contributed by atoms with Crippen molar-refractivity contribution in [3.63, 3.8) is 0 Å². The number of esters is 2. The molecule has 1 aromatic carbocycles. The quantitative estimate of drug-likeness (QED) is 0.701. The molecule has 6 nitrogen and oxygen atoms in total. The van der Waals surface area contributed by atoms with Gasteiger partial charge in [-0.05, 0) is 19.7 Å². The third-order valence-corrected chi connectivity index (χ3v) is 4.62. The number of ether oxygens (including phenoxy) is 3. The van der Waals surface area contributed by atoms with Crippen LogP contribution in [0.5, 0.6) is 0 Å². The summed E-state index contributed by atoms with van der Waals surface area (Å²) in [6, 6.07) is 9.71. The van der Waals surface area contributed by atoms with Crippen LogP contribution < -0.4 is 0 Å². The molecular weight excluding hydrogens is 310 g/mol. The lowest BCUT2D eigenvalue weighted by molar-refractivity contribution is -0.184. The van der Waals surface area contributed by atoms with Crippen LogP contribution in [0.25, 0.3) is 0 Å². The summed E-state index contributed by atoms with van der Waals surface area (Å²) in [7, 11) is 6.45. The van der Waals surface area contributed by atoms with Crippen molar-refractivity contribution < 1.29 is 23.8 Å². The number of carbonyl (C=O) groups is 2. The van der Waals surface area contributed by atoms with Crippen molar-refractivity contribution in [1.82, 2.24) is 4.90 Å². The second-order valence-electron chi connectivity index (χ2n) is 6.22. The molecule has 1 aliphatic carbocycles. The molecule has 0 saturated heterocycles. The van der Waals surface area contributed by atoms with Gasteiger partial charge in [0.2, 0.25) is 0 Å². The van der Waals surface area contributed by atoms with E-state index in [1.54, 1.807) is 0 Å². The molecule has 0 spiro atoms. The maximum atomic E-state index is 12.1. The van der Waals surface area contributed by atoms with Gasteiger partial charge in [0, 0.05) is 12.0 Å². The third kappa shape index (κ3) is 3.76. The molecular formula is C18H25NO5. The van der Waals surface area contributed by atoms with E-state index in [0.29, 0.717) is 13.2 Å². The highest BCUT2D eigenvalue weighted by Gasteiger charge is 2.59. The highest BCUT2D eigenvalue weighted by atomic mass is 16.5. The average Bonchev–Trinajstić information content (AvgIpc) is 2.57. The monoisotopic (exact) mass is 335 g/mol. The van der Waals surface area contributed by atoms with E-state index in [1.165, 1.54) is 14.2 Å². The summed E-state index contributed by atoms with van der Waals surface area (Å²) in [6.45, 7) is 0.847. The minimum Gasteiger partial charge on any atom is -0.469 e. The van der Waals surface area contributed by atoms with Gasteiger partial charge in [0.15, 0.2) is 0 Å². The normalized spacial score (nSPS) is 25.9. The minimum absolute atomic E-state index is 0.111. The number of methoxy groups -OCH3 is 2. The zero-order chi connectivity index (χ0) is 17.7. The zero-order valence-corrected chi connectivity index (χ0v) is 14.6. The fourth-order valence-corrected chi connectivity index (χ4v) is 3.49. The topological polar surface area (TPSA) is 65.1 Å². The third-order valence-electron chi connectivity index (χ3n) is 4.62. The molecule has 0 aliphatic heterocycles. The summed E-state index contributed by atoms with van der Waals surface area (Å²) in [4.78, 5) is 26.2. The van der Waals surface area contributed by atoms with Crippen LogP contribution in [0.1, 0.15) is 5.56 Å². The Morgan fingerprint density at radius 3 is 2.12 bits per heavy atom. The Balaban J connectivity index is 2.06. The molecule has 0 radical (unpaired) electrons. The van der Waals surface area contributed by atoms with Crippen LogP contribution in [0, 0.1) is 17.8 Å². The van der Waals surface area contributed by atoms with Crippen molar-refractivity contribution in [2.75, 3.05) is 34.9 Å². The second-order valence-corrected chi connectivity index (χ2v) is 6.22. The van der Waals surface area contributed by atoms with E-state index in [9.17, 15) is 9.59 Å². The van der Waals surface area contributed by atoms with E-state index in [-0.39, 0.29) is 17.9 Å². The van der Waals surface area contributed by atoms with Gasteiger partial charge in [-0.25, -0.2) is 0 Å². The predicted molar refractivity (Wildman–Crippen MR) is 88.1 cm³/mol. The average molecular weight is 335 g/mol. The van der Waals surface area contributed by atoms with Crippen LogP contribution in [-0.2, 0) is 30.4 Å². The Labute approximate surface area is 142 Å². The molecule has 1 fully saturated rings. The van der Waals surface area contributed by atoms with Crippen LogP contribution >= 0.6 is 0 Å². The molecule has 4 atom stereocenters. The van der Waals surface area contributed by atoms with Gasteiger partial charge in [0.25, 0.3) is 0 Å². The number of benzene rings is 1. The largest absolute Gasteiger partial charge is 0.469 e. The standard InChI is InChI=1S/C18H25NO5/c1-19(2)16-13(11-24-10-12-8-6-5-7-9-12)14(17(20)22-3)15(16)18(21)23-4/h5-9,13-16H,10-11H2,1-4H3/t13-,14+,15-,16-/m0/s1. The first-order valence-electron chi connectivity index (χ1n) is 7.95. The highest BCUT2D eigenvalue weighted by molar-refractivity contribution is 5.85. The van der Waals surface area contributed by atoms with E-state index in [1.807, 2.05) is 49.3 Å². The van der Waals surface area contributed by atoms with Gasteiger partial charge in [-0.3, -0.25) is 9.59 Å². The molecule has 1 aromatic rings. The molecule has 0 amide bonds. The molecule has 0 unspecified atom stereocenters. The van der Waals surface area contributed by atoms with E-state index in [0.717, 1.165) is 5.56 Å². The Morgan fingerprint density at radius 1 is 1.00 bits per heavy atom. The maximum Gasteiger partial charge on any atom is 0.311 e. The van der Waals surface area contributed by atoms with Crippen LogP contribution in [0.15, 0.2) is 30.3 Å². The first-order valence-corrected chi connectivity index (χ1v) is 7.95. The summed E-state index contributed by atoms with van der Waals surface area (Å²) in [5.74, 6) is -1.95. The summed E-state index contributed by atoms with van der Waals surface area (Å²) < 4.78 is 15.6. The van der Waals surface area contributed by atoms with Crippen LogP contribution in [0.3, 0.4) is 0 Å². The van der Waals surface area contributed by atoms with Crippen molar-refractivity contribution in [1.29, 1.82) is 0 Å². The first kappa shape index (κ1) is 18.4. The highest BCUT2D eigenvalue weighted by Crippen LogP contribution is 2.45. The van der Waals surface area contributed by atoms with Gasteiger partial charge in [0.1, 0.15) is 0 Å². The summed E-state index contributed by atoms with van der Waals surface area (Å²) >= 11 is 0. The zero-order valence-electron chi connectivity index (χ0n) is 14.6. The molecule has 1 saturated carbocycles. The van der Waals surface area contributed by atoms with Crippen molar-refractivity contribution in [2.45, 2.75) is 12.6 Å². The Hall–Kier alpha value is -1.92. The molecule has 1 aliphatic rings. The summed E-state index contributed by atoms with van der Waals surface area (Å²) in [5, 5.41) is 0. The van der Waals surface area contributed by atoms with Crippen LogP contribution in [-0.4, -0.2) is 57.8 Å². The lowest BCUT2D eigenvalue weighted by Crippen LogP contribution is -2.64. The van der Waals surface area contributed by atoms with Crippen molar-refractivity contribution in [3.8, 4) is 0 Å². The molecule has 0 aromatic heterocycles. The van der Waals surface area contributed by atoms with E-state index < -0.39 is 17.8 Å². The predicted octanol–water partition coefficient (Wildman–Crippen LogP) is 1.34. The molecule has 6 heteroatoms. The summed E-state index contributed by atoms with van der Waals surface area (Å²) in [5.41, 5.74) is 1.07. The lowest BCUT2D eigenvalue weighted by Gasteiger charge is -2.51. The SMILES string of the molecule is COC(=O)[C@@H]1[C@H](COCc2ccccc2)[C@H](N(C)C)[C@H]1C(=O)OC. The van der Waals surface area contributed by atoms with E-state index in [4.69, 9.17) is 14.2 Å². The second kappa shape index (κ2) is 8.26. The number of hydrogen-bond acceptors (Lipinski definition) is 6. The van der Waals surface area contributed by atoms with E-state index >= 15 is 0 Å². The van der Waals surface area contributed by atoms with Gasteiger partial charge in [-0.1, -0.05) is 30.3 Å². The lowest BCUT2D eigenvalue weighted by atomic mass is 9.60. The van der Waals surface area contributed by atoms with Gasteiger partial charge in [-0.15, -0.1) is 0 Å². The Kier molecular flexibility index (Phi) is 6.34. The smallest absolute Gasteiger partial charge is 0.311 e. The Bertz CT molecular complexity index is 560.